The molecule has 5 heteroatoms. The van der Waals surface area contributed by atoms with E-state index in [-0.39, 0.29) is 6.03 Å². The number of urea groups is 1. The predicted octanol–water partition coefficient (Wildman–Crippen LogP) is 4.67. The number of nitrogens with one attached hydrogen (secondary N) is 2. The number of carbonyl (C=O) groups is 1. The molecule has 0 aliphatic heterocycles. The number of aromatic nitrogens is 2. The van der Waals surface area contributed by atoms with Gasteiger partial charge in [0.05, 0.1) is 16.9 Å². The monoisotopic (exact) mass is 328 g/mol. The van der Waals surface area contributed by atoms with Crippen LogP contribution in [0.25, 0.3) is 16.6 Å². The third-order valence-electron chi connectivity index (χ3n) is 3.90. The summed E-state index contributed by atoms with van der Waals surface area (Å²) in [6, 6.07) is 20.6. The molecule has 0 saturated carbocycles. The Morgan fingerprint density at radius 1 is 0.840 bits per heavy atom. The number of benzene rings is 2. The molecular formula is C20H16N4O. The zero-order valence-corrected chi connectivity index (χ0v) is 13.4. The Kier molecular flexibility index (Phi) is 3.88. The summed E-state index contributed by atoms with van der Waals surface area (Å²) in [6.07, 6.45) is 5.65. The van der Waals surface area contributed by atoms with Crippen LogP contribution in [0, 0.1) is 0 Å². The maximum atomic E-state index is 12.4. The standard InChI is InChI=1S/C20H16N4O/c25-20(22-15-7-2-1-3-8-15)23-18-11-10-17-16(9-6-12-21-17)19(18)24-13-4-5-14-24/h1-14H,(H2,22,23,25). The average Bonchev–Trinajstić information content (AvgIpc) is 3.16. The number of fused-ring (bicyclic) bond motifs is 1. The molecule has 0 atom stereocenters. The molecular weight excluding hydrogens is 312 g/mol. The Labute approximate surface area is 144 Å². The van der Waals surface area contributed by atoms with Crippen LogP contribution >= 0.6 is 0 Å². The first-order chi connectivity index (χ1) is 12.3. The van der Waals surface area contributed by atoms with E-state index in [0.29, 0.717) is 5.69 Å². The van der Waals surface area contributed by atoms with Gasteiger partial charge in [0.15, 0.2) is 0 Å². The van der Waals surface area contributed by atoms with Gasteiger partial charge in [0, 0.05) is 29.7 Å². The van der Waals surface area contributed by atoms with Crippen molar-refractivity contribution < 1.29 is 4.79 Å². The molecule has 2 heterocycles. The number of hydrogen-bond donors (Lipinski definition) is 2. The topological polar surface area (TPSA) is 59.0 Å². The van der Waals surface area contributed by atoms with Gasteiger partial charge in [0.25, 0.3) is 0 Å². The summed E-state index contributed by atoms with van der Waals surface area (Å²) in [5, 5.41) is 6.75. The van der Waals surface area contributed by atoms with E-state index in [1.54, 1.807) is 6.20 Å². The fourth-order valence-electron chi connectivity index (χ4n) is 2.81. The van der Waals surface area contributed by atoms with Gasteiger partial charge in [-0.05, 0) is 48.5 Å². The Hall–Kier alpha value is -3.60. The Balaban J connectivity index is 1.72. The van der Waals surface area contributed by atoms with Crippen LogP contribution in [-0.4, -0.2) is 15.6 Å². The van der Waals surface area contributed by atoms with Crippen LogP contribution in [0.4, 0.5) is 16.2 Å². The molecule has 0 aliphatic rings. The van der Waals surface area contributed by atoms with Crippen molar-refractivity contribution in [2.45, 2.75) is 0 Å². The number of amides is 2. The first-order valence-electron chi connectivity index (χ1n) is 7.95. The molecule has 122 valence electrons. The van der Waals surface area contributed by atoms with E-state index in [1.807, 2.05) is 83.7 Å². The highest BCUT2D eigenvalue weighted by molar-refractivity contribution is 6.04. The third kappa shape index (κ3) is 3.07. The van der Waals surface area contributed by atoms with Crippen molar-refractivity contribution in [1.82, 2.24) is 9.55 Å². The largest absolute Gasteiger partial charge is 0.323 e. The van der Waals surface area contributed by atoms with E-state index in [1.165, 1.54) is 0 Å². The number of nitrogens with zero attached hydrogens (tertiary/aromatic N) is 2. The molecule has 0 unspecified atom stereocenters. The van der Waals surface area contributed by atoms with Gasteiger partial charge in [0.1, 0.15) is 0 Å². The Morgan fingerprint density at radius 2 is 1.64 bits per heavy atom. The molecule has 2 amide bonds. The summed E-state index contributed by atoms with van der Waals surface area (Å²) in [4.78, 5) is 16.8. The minimum atomic E-state index is -0.289. The maximum absolute atomic E-state index is 12.4. The first kappa shape index (κ1) is 15.0. The smallest absolute Gasteiger partial charge is 0.321 e. The van der Waals surface area contributed by atoms with Gasteiger partial charge in [-0.2, -0.15) is 0 Å². The normalized spacial score (nSPS) is 10.6. The zero-order valence-electron chi connectivity index (χ0n) is 13.4. The molecule has 4 rings (SSSR count). The lowest BCUT2D eigenvalue weighted by molar-refractivity contribution is 0.262. The second-order valence-corrected chi connectivity index (χ2v) is 5.57. The van der Waals surface area contributed by atoms with Crippen LogP contribution < -0.4 is 10.6 Å². The van der Waals surface area contributed by atoms with E-state index < -0.39 is 0 Å². The van der Waals surface area contributed by atoms with Crippen LogP contribution in [-0.2, 0) is 0 Å². The number of hydrogen-bond acceptors (Lipinski definition) is 2. The molecule has 2 aromatic carbocycles. The van der Waals surface area contributed by atoms with Gasteiger partial charge in [0.2, 0.25) is 0 Å². The molecule has 4 aromatic rings. The highest BCUT2D eigenvalue weighted by Gasteiger charge is 2.12. The summed E-state index contributed by atoms with van der Waals surface area (Å²) in [6.45, 7) is 0. The van der Waals surface area contributed by atoms with Gasteiger partial charge in [-0.3, -0.25) is 4.98 Å². The molecule has 0 saturated heterocycles. The summed E-state index contributed by atoms with van der Waals surface area (Å²) in [5.74, 6) is 0. The molecule has 5 nitrogen and oxygen atoms in total. The number of anilines is 2. The molecule has 0 bridgehead atoms. The van der Waals surface area contributed by atoms with E-state index >= 15 is 0 Å². The SMILES string of the molecule is O=C(Nc1ccccc1)Nc1ccc2ncccc2c1-n1cccc1. The van der Waals surface area contributed by atoms with Crippen LogP contribution in [0.2, 0.25) is 0 Å². The van der Waals surface area contributed by atoms with Crippen LogP contribution in [0.5, 0.6) is 0 Å². The molecule has 25 heavy (non-hydrogen) atoms. The zero-order chi connectivity index (χ0) is 17.1. The van der Waals surface area contributed by atoms with E-state index in [2.05, 4.69) is 15.6 Å². The van der Waals surface area contributed by atoms with E-state index in [9.17, 15) is 4.79 Å². The highest BCUT2D eigenvalue weighted by Crippen LogP contribution is 2.29. The average molecular weight is 328 g/mol. The molecule has 2 N–H and O–H groups in total. The minimum Gasteiger partial charge on any atom is -0.321 e. The summed E-state index contributed by atoms with van der Waals surface area (Å²) in [7, 11) is 0. The van der Waals surface area contributed by atoms with Crippen molar-refractivity contribution in [2.75, 3.05) is 10.6 Å². The van der Waals surface area contributed by atoms with Crippen LogP contribution in [0.15, 0.2) is 85.3 Å². The molecule has 0 radical (unpaired) electrons. The van der Waals surface area contributed by atoms with Crippen LogP contribution in [0.1, 0.15) is 0 Å². The second kappa shape index (κ2) is 6.49. The fraction of sp³-hybridized carbons (Fsp3) is 0. The Morgan fingerprint density at radius 3 is 2.44 bits per heavy atom. The van der Waals surface area contributed by atoms with Crippen molar-refractivity contribution >= 4 is 28.3 Å². The van der Waals surface area contributed by atoms with Crippen molar-refractivity contribution in [2.24, 2.45) is 0 Å². The van der Waals surface area contributed by atoms with Gasteiger partial charge in [-0.25, -0.2) is 4.79 Å². The quantitative estimate of drug-likeness (QED) is 0.574. The second-order valence-electron chi connectivity index (χ2n) is 5.57. The van der Waals surface area contributed by atoms with Crippen molar-refractivity contribution in [1.29, 1.82) is 0 Å². The maximum Gasteiger partial charge on any atom is 0.323 e. The van der Waals surface area contributed by atoms with Gasteiger partial charge in [-0.15, -0.1) is 0 Å². The van der Waals surface area contributed by atoms with E-state index in [0.717, 1.165) is 22.3 Å². The lowest BCUT2D eigenvalue weighted by Gasteiger charge is -2.15. The number of carbonyl (C=O) groups excluding carboxylic acids is 1. The number of para-hydroxylation sites is 1. The van der Waals surface area contributed by atoms with Crippen molar-refractivity contribution in [3.63, 3.8) is 0 Å². The highest BCUT2D eigenvalue weighted by atomic mass is 16.2. The molecule has 2 aromatic heterocycles. The number of rotatable bonds is 3. The lowest BCUT2D eigenvalue weighted by atomic mass is 10.1. The fourth-order valence-corrected chi connectivity index (χ4v) is 2.81. The summed E-state index contributed by atoms with van der Waals surface area (Å²) < 4.78 is 1.97. The van der Waals surface area contributed by atoms with Gasteiger partial charge in [-0.1, -0.05) is 18.2 Å². The molecule has 0 spiro atoms. The minimum absolute atomic E-state index is 0.289. The molecule has 0 aliphatic carbocycles. The molecule has 0 fully saturated rings. The first-order valence-corrected chi connectivity index (χ1v) is 7.95. The number of pyridine rings is 1. The lowest BCUT2D eigenvalue weighted by Crippen LogP contribution is -2.20. The predicted molar refractivity (Wildman–Crippen MR) is 100 cm³/mol. The van der Waals surface area contributed by atoms with Gasteiger partial charge < -0.3 is 15.2 Å². The summed E-state index contributed by atoms with van der Waals surface area (Å²) >= 11 is 0. The third-order valence-corrected chi connectivity index (χ3v) is 3.90. The van der Waals surface area contributed by atoms with Crippen molar-refractivity contribution in [3.8, 4) is 5.69 Å². The Bertz CT molecular complexity index is 1010. The van der Waals surface area contributed by atoms with E-state index in [4.69, 9.17) is 0 Å². The summed E-state index contributed by atoms with van der Waals surface area (Å²) in [5.41, 5.74) is 3.22. The van der Waals surface area contributed by atoms with Crippen LogP contribution in [0.3, 0.4) is 0 Å². The van der Waals surface area contributed by atoms with Crippen molar-refractivity contribution in [3.05, 3.63) is 85.3 Å². The van der Waals surface area contributed by atoms with Gasteiger partial charge >= 0.3 is 6.03 Å².